The normalized spacial score (nSPS) is 11.7. The maximum Gasteiger partial charge on any atom is 0.273 e. The molecule has 0 aromatic heterocycles. The Bertz CT molecular complexity index is 1500. The first-order valence-electron chi connectivity index (χ1n) is 9.98. The molecule has 0 saturated heterocycles. The molecule has 0 saturated carbocycles. The molecule has 0 amide bonds. The number of nitro benzene ring substituents is 2. The van der Waals surface area contributed by atoms with E-state index in [1.54, 1.807) is 6.92 Å². The summed E-state index contributed by atoms with van der Waals surface area (Å²) in [5.41, 5.74) is -0.406. The van der Waals surface area contributed by atoms with Crippen LogP contribution in [-0.2, 0) is 20.0 Å². The summed E-state index contributed by atoms with van der Waals surface area (Å²) >= 11 is 6.13. The topological polar surface area (TPSA) is 179 Å². The van der Waals surface area contributed by atoms with Crippen LogP contribution in [0.1, 0.15) is 16.7 Å². The van der Waals surface area contributed by atoms with Crippen LogP contribution in [0.4, 0.5) is 22.7 Å². The first-order valence-corrected chi connectivity index (χ1v) is 13.3. The van der Waals surface area contributed by atoms with Crippen LogP contribution >= 0.6 is 11.6 Å². The Balaban J connectivity index is 2.06. The van der Waals surface area contributed by atoms with Crippen LogP contribution in [0.2, 0.25) is 5.02 Å². The second-order valence-corrected chi connectivity index (χ2v) is 11.5. The zero-order chi connectivity index (χ0) is 27.0. The standard InChI is InChI=1S/C21H19ClN4O8S2/c1-12-4-6-15(9-20(12)25(27)28)35(31,32)23-18-8-14(3)17(22)11-19(18)24-36(33,34)16-7-5-13(2)21(10-16)26(29)30/h4-11,23-24H,1-3H3. The molecule has 190 valence electrons. The van der Waals surface area contributed by atoms with Crippen molar-refractivity contribution in [3.63, 3.8) is 0 Å². The van der Waals surface area contributed by atoms with Gasteiger partial charge in [0, 0.05) is 28.3 Å². The number of aryl methyl sites for hydroxylation is 3. The summed E-state index contributed by atoms with van der Waals surface area (Å²) in [7, 11) is -8.82. The van der Waals surface area contributed by atoms with Gasteiger partial charge in [0.2, 0.25) is 0 Å². The highest BCUT2D eigenvalue weighted by Gasteiger charge is 2.25. The van der Waals surface area contributed by atoms with Crippen molar-refractivity contribution in [3.05, 3.63) is 90.5 Å². The molecule has 0 aliphatic rings. The molecule has 12 nitrogen and oxygen atoms in total. The molecule has 3 aromatic carbocycles. The number of hydrogen-bond donors (Lipinski definition) is 2. The number of nitro groups is 2. The Hall–Kier alpha value is -3.75. The molecule has 0 bridgehead atoms. The van der Waals surface area contributed by atoms with Crippen LogP contribution in [0.25, 0.3) is 0 Å². The van der Waals surface area contributed by atoms with E-state index in [2.05, 4.69) is 9.44 Å². The fourth-order valence-corrected chi connectivity index (χ4v) is 5.51. The number of nitrogens with one attached hydrogen (secondary N) is 2. The van der Waals surface area contributed by atoms with Crippen LogP contribution in [0.5, 0.6) is 0 Å². The minimum Gasteiger partial charge on any atom is -0.277 e. The van der Waals surface area contributed by atoms with Gasteiger partial charge in [-0.1, -0.05) is 23.7 Å². The monoisotopic (exact) mass is 554 g/mol. The average molecular weight is 555 g/mol. The lowest BCUT2D eigenvalue weighted by Crippen LogP contribution is -2.18. The van der Waals surface area contributed by atoms with E-state index in [4.69, 9.17) is 11.6 Å². The number of halogens is 1. The molecule has 0 aliphatic carbocycles. The van der Waals surface area contributed by atoms with Crippen molar-refractivity contribution in [2.45, 2.75) is 30.6 Å². The third kappa shape index (κ3) is 5.56. The molecule has 0 fully saturated rings. The molecule has 36 heavy (non-hydrogen) atoms. The predicted octanol–water partition coefficient (Wildman–Crippen LogP) is 4.68. The predicted molar refractivity (Wildman–Crippen MR) is 133 cm³/mol. The minimum atomic E-state index is -4.42. The van der Waals surface area contributed by atoms with Gasteiger partial charge in [0.15, 0.2) is 0 Å². The summed E-state index contributed by atoms with van der Waals surface area (Å²) in [4.78, 5) is 20.2. The van der Waals surface area contributed by atoms with Crippen molar-refractivity contribution in [1.29, 1.82) is 0 Å². The fraction of sp³-hybridized carbons (Fsp3) is 0.143. The van der Waals surface area contributed by atoms with E-state index in [9.17, 15) is 37.1 Å². The Kier molecular flexibility index (Phi) is 7.25. The zero-order valence-corrected chi connectivity index (χ0v) is 21.4. The summed E-state index contributed by atoms with van der Waals surface area (Å²) < 4.78 is 56.4. The Labute approximate surface area is 211 Å². The molecule has 0 spiro atoms. The van der Waals surface area contributed by atoms with Crippen molar-refractivity contribution < 1.29 is 26.7 Å². The third-order valence-electron chi connectivity index (χ3n) is 5.16. The highest BCUT2D eigenvalue weighted by atomic mass is 35.5. The number of benzene rings is 3. The highest BCUT2D eigenvalue weighted by molar-refractivity contribution is 7.93. The number of sulfonamides is 2. The van der Waals surface area contributed by atoms with Crippen molar-refractivity contribution in [2.75, 3.05) is 9.44 Å². The van der Waals surface area contributed by atoms with E-state index >= 15 is 0 Å². The smallest absolute Gasteiger partial charge is 0.273 e. The maximum atomic E-state index is 13.0. The molecule has 15 heteroatoms. The van der Waals surface area contributed by atoms with E-state index in [0.29, 0.717) is 5.56 Å². The lowest BCUT2D eigenvalue weighted by molar-refractivity contribution is -0.385. The van der Waals surface area contributed by atoms with Gasteiger partial charge < -0.3 is 0 Å². The van der Waals surface area contributed by atoms with Gasteiger partial charge in [0.05, 0.1) is 31.0 Å². The van der Waals surface area contributed by atoms with Gasteiger partial charge in [0.25, 0.3) is 31.4 Å². The molecule has 0 radical (unpaired) electrons. The molecule has 0 aliphatic heterocycles. The van der Waals surface area contributed by atoms with Gasteiger partial charge in [-0.25, -0.2) is 16.8 Å². The highest BCUT2D eigenvalue weighted by Crippen LogP contribution is 2.34. The van der Waals surface area contributed by atoms with Crippen LogP contribution in [0.3, 0.4) is 0 Å². The quantitative estimate of drug-likeness (QED) is 0.297. The number of rotatable bonds is 8. The third-order valence-corrected chi connectivity index (χ3v) is 8.30. The molecule has 0 heterocycles. The second-order valence-electron chi connectivity index (χ2n) is 7.77. The molecular weight excluding hydrogens is 536 g/mol. The SMILES string of the molecule is Cc1cc(NS(=O)(=O)c2ccc(C)c([N+](=O)[O-])c2)c(NS(=O)(=O)c2ccc(C)c([N+](=O)[O-])c2)cc1Cl. The number of nitrogens with zero attached hydrogens (tertiary/aromatic N) is 2. The molecule has 3 rings (SSSR count). The molecule has 0 atom stereocenters. The Morgan fingerprint density at radius 2 is 1.06 bits per heavy atom. The van der Waals surface area contributed by atoms with Gasteiger partial charge in [-0.05, 0) is 50.6 Å². The van der Waals surface area contributed by atoms with Crippen LogP contribution in [0, 0.1) is 41.0 Å². The zero-order valence-electron chi connectivity index (χ0n) is 19.0. The van der Waals surface area contributed by atoms with Gasteiger partial charge >= 0.3 is 0 Å². The van der Waals surface area contributed by atoms with E-state index in [1.807, 2.05) is 0 Å². The minimum absolute atomic E-state index is 0.108. The molecule has 2 N–H and O–H groups in total. The second kappa shape index (κ2) is 9.72. The van der Waals surface area contributed by atoms with E-state index < -0.39 is 51.1 Å². The Morgan fingerprint density at radius 1 is 0.667 bits per heavy atom. The van der Waals surface area contributed by atoms with Gasteiger partial charge in [-0.3, -0.25) is 29.7 Å². The van der Waals surface area contributed by atoms with Gasteiger partial charge in [0.1, 0.15) is 0 Å². The van der Waals surface area contributed by atoms with Gasteiger partial charge in [-0.15, -0.1) is 0 Å². The average Bonchev–Trinajstić information content (AvgIpc) is 2.76. The fourth-order valence-electron chi connectivity index (χ4n) is 3.16. The summed E-state index contributed by atoms with van der Waals surface area (Å²) in [6.07, 6.45) is 0. The van der Waals surface area contributed by atoms with Crippen molar-refractivity contribution in [2.24, 2.45) is 0 Å². The van der Waals surface area contributed by atoms with E-state index in [-0.39, 0.29) is 27.5 Å². The van der Waals surface area contributed by atoms with Crippen LogP contribution in [0.15, 0.2) is 58.3 Å². The summed E-state index contributed by atoms with van der Waals surface area (Å²) in [6.45, 7) is 4.45. The largest absolute Gasteiger partial charge is 0.277 e. The first kappa shape index (κ1) is 26.8. The summed E-state index contributed by atoms with van der Waals surface area (Å²) in [5, 5.41) is 22.6. The molecule has 3 aromatic rings. The lowest BCUT2D eigenvalue weighted by Gasteiger charge is -2.16. The summed E-state index contributed by atoms with van der Waals surface area (Å²) in [5.74, 6) is 0. The van der Waals surface area contributed by atoms with Crippen LogP contribution in [-0.4, -0.2) is 26.7 Å². The number of anilines is 2. The maximum absolute atomic E-state index is 13.0. The first-order chi connectivity index (χ1) is 16.6. The van der Waals surface area contributed by atoms with E-state index in [1.165, 1.54) is 44.2 Å². The number of hydrogen-bond acceptors (Lipinski definition) is 8. The van der Waals surface area contributed by atoms with E-state index in [0.717, 1.165) is 18.2 Å². The lowest BCUT2D eigenvalue weighted by atomic mass is 10.2. The summed E-state index contributed by atoms with van der Waals surface area (Å²) in [6, 6.07) is 9.08. The van der Waals surface area contributed by atoms with Crippen LogP contribution < -0.4 is 9.44 Å². The van der Waals surface area contributed by atoms with Crippen molar-refractivity contribution in [1.82, 2.24) is 0 Å². The molecular formula is C21H19ClN4O8S2. The van der Waals surface area contributed by atoms with Gasteiger partial charge in [-0.2, -0.15) is 0 Å². The van der Waals surface area contributed by atoms with Crippen molar-refractivity contribution >= 4 is 54.4 Å². The van der Waals surface area contributed by atoms with Crippen molar-refractivity contribution in [3.8, 4) is 0 Å². The Morgan fingerprint density at radius 3 is 1.44 bits per heavy atom. The molecule has 0 unspecified atom stereocenters.